The molecule has 2 rings (SSSR count). The van der Waals surface area contributed by atoms with Crippen LogP contribution in [-0.4, -0.2) is 34.7 Å². The SMILES string of the molecule is CC(C)C(CCO)NC(=O)c1sc(NC2CC2)nc1N. The standard InChI is InChI=1S/C13H22N4O2S/c1-7(2)9(5-6-18)16-12(19)10-11(14)17-13(20-10)15-8-3-4-8/h7-9,18H,3-6,14H2,1-2H3,(H,15,17)(H,16,19). The van der Waals surface area contributed by atoms with Crippen molar-refractivity contribution >= 4 is 28.2 Å². The lowest BCUT2D eigenvalue weighted by Crippen LogP contribution is -2.39. The fraction of sp³-hybridized carbons (Fsp3) is 0.692. The molecule has 0 spiro atoms. The number of anilines is 2. The normalized spacial score (nSPS) is 16.2. The van der Waals surface area contributed by atoms with Crippen LogP contribution in [0.25, 0.3) is 0 Å². The molecular formula is C13H22N4O2S. The number of nitrogens with one attached hydrogen (secondary N) is 2. The van der Waals surface area contributed by atoms with Crippen LogP contribution in [0.15, 0.2) is 0 Å². The van der Waals surface area contributed by atoms with Crippen molar-refractivity contribution in [1.82, 2.24) is 10.3 Å². The summed E-state index contributed by atoms with van der Waals surface area (Å²) < 4.78 is 0. The largest absolute Gasteiger partial charge is 0.396 e. The van der Waals surface area contributed by atoms with Crippen LogP contribution < -0.4 is 16.4 Å². The van der Waals surface area contributed by atoms with Gasteiger partial charge in [0.2, 0.25) is 0 Å². The lowest BCUT2D eigenvalue weighted by atomic mass is 10.0. The quantitative estimate of drug-likeness (QED) is 0.610. The van der Waals surface area contributed by atoms with E-state index >= 15 is 0 Å². The van der Waals surface area contributed by atoms with E-state index in [-0.39, 0.29) is 30.3 Å². The first-order valence-electron chi connectivity index (χ1n) is 6.95. The molecule has 1 heterocycles. The van der Waals surface area contributed by atoms with Crippen molar-refractivity contribution in [2.75, 3.05) is 17.7 Å². The zero-order chi connectivity index (χ0) is 14.7. The van der Waals surface area contributed by atoms with Crippen LogP contribution in [0.4, 0.5) is 10.9 Å². The Bertz CT molecular complexity index is 471. The molecule has 0 saturated heterocycles. The molecule has 6 nitrogen and oxygen atoms in total. The highest BCUT2D eigenvalue weighted by atomic mass is 32.1. The van der Waals surface area contributed by atoms with Crippen LogP contribution in [0.2, 0.25) is 0 Å². The maximum absolute atomic E-state index is 12.2. The van der Waals surface area contributed by atoms with E-state index in [2.05, 4.69) is 15.6 Å². The maximum atomic E-state index is 12.2. The smallest absolute Gasteiger partial charge is 0.265 e. The number of nitrogens with zero attached hydrogens (tertiary/aromatic N) is 1. The molecule has 1 atom stereocenters. The summed E-state index contributed by atoms with van der Waals surface area (Å²) >= 11 is 1.29. The summed E-state index contributed by atoms with van der Waals surface area (Å²) in [6.45, 7) is 4.07. The van der Waals surface area contributed by atoms with Gasteiger partial charge in [-0.3, -0.25) is 4.79 Å². The molecule has 0 bridgehead atoms. The fourth-order valence-electron chi connectivity index (χ4n) is 1.90. The van der Waals surface area contributed by atoms with Gasteiger partial charge in [-0.05, 0) is 25.2 Å². The van der Waals surface area contributed by atoms with Gasteiger partial charge in [0.1, 0.15) is 10.7 Å². The lowest BCUT2D eigenvalue weighted by Gasteiger charge is -2.21. The number of nitrogen functional groups attached to an aromatic ring is 1. The van der Waals surface area contributed by atoms with Crippen molar-refractivity contribution in [2.24, 2.45) is 5.92 Å². The van der Waals surface area contributed by atoms with Gasteiger partial charge in [0.25, 0.3) is 5.91 Å². The molecule has 0 radical (unpaired) electrons. The number of rotatable bonds is 7. The van der Waals surface area contributed by atoms with E-state index in [4.69, 9.17) is 10.8 Å². The molecule has 1 aliphatic rings. The molecule has 7 heteroatoms. The molecule has 0 aromatic carbocycles. The number of aliphatic hydroxyl groups excluding tert-OH is 1. The van der Waals surface area contributed by atoms with Gasteiger partial charge >= 0.3 is 0 Å². The number of aromatic nitrogens is 1. The average molecular weight is 298 g/mol. The predicted molar refractivity (Wildman–Crippen MR) is 81.0 cm³/mol. The molecule has 5 N–H and O–H groups in total. The van der Waals surface area contributed by atoms with E-state index in [1.54, 1.807) is 0 Å². The van der Waals surface area contributed by atoms with E-state index in [9.17, 15) is 4.79 Å². The molecule has 1 aromatic heterocycles. The van der Waals surface area contributed by atoms with Crippen LogP contribution >= 0.6 is 11.3 Å². The van der Waals surface area contributed by atoms with Gasteiger partial charge in [-0.1, -0.05) is 25.2 Å². The zero-order valence-electron chi connectivity index (χ0n) is 11.8. The molecule has 112 valence electrons. The van der Waals surface area contributed by atoms with Crippen LogP contribution in [0.1, 0.15) is 42.8 Å². The summed E-state index contributed by atoms with van der Waals surface area (Å²) in [4.78, 5) is 16.9. The Labute approximate surface area is 122 Å². The second-order valence-electron chi connectivity index (χ2n) is 5.49. The number of hydrogen-bond acceptors (Lipinski definition) is 6. The third-order valence-electron chi connectivity index (χ3n) is 3.33. The molecule has 1 unspecified atom stereocenters. The van der Waals surface area contributed by atoms with Crippen LogP contribution in [-0.2, 0) is 0 Å². The van der Waals surface area contributed by atoms with Gasteiger partial charge in [0, 0.05) is 18.7 Å². The highest BCUT2D eigenvalue weighted by molar-refractivity contribution is 7.18. The Kier molecular flexibility index (Phi) is 4.82. The van der Waals surface area contributed by atoms with E-state index in [0.29, 0.717) is 22.5 Å². The maximum Gasteiger partial charge on any atom is 0.265 e. The number of nitrogens with two attached hydrogens (primary N) is 1. The van der Waals surface area contributed by atoms with Gasteiger partial charge in [0.05, 0.1) is 0 Å². The number of carbonyl (C=O) groups is 1. The first kappa shape index (κ1) is 15.1. The third kappa shape index (κ3) is 3.83. The predicted octanol–water partition coefficient (Wildman–Crippen LogP) is 1.44. The summed E-state index contributed by atoms with van der Waals surface area (Å²) in [5, 5.41) is 15.9. The molecule has 0 aliphatic heterocycles. The van der Waals surface area contributed by atoms with Gasteiger partial charge in [-0.25, -0.2) is 4.98 Å². The van der Waals surface area contributed by atoms with E-state index in [0.717, 1.165) is 12.8 Å². The van der Waals surface area contributed by atoms with Crippen molar-refractivity contribution in [3.63, 3.8) is 0 Å². The Morgan fingerprint density at radius 3 is 2.80 bits per heavy atom. The van der Waals surface area contributed by atoms with Gasteiger partial charge in [-0.15, -0.1) is 0 Å². The second-order valence-corrected chi connectivity index (χ2v) is 6.49. The average Bonchev–Trinajstić information content (AvgIpc) is 3.10. The molecule has 1 aromatic rings. The minimum absolute atomic E-state index is 0.0514. The van der Waals surface area contributed by atoms with Crippen molar-refractivity contribution in [1.29, 1.82) is 0 Å². The number of hydrogen-bond donors (Lipinski definition) is 4. The highest BCUT2D eigenvalue weighted by Gasteiger charge is 2.25. The van der Waals surface area contributed by atoms with E-state index in [1.165, 1.54) is 11.3 Å². The zero-order valence-corrected chi connectivity index (χ0v) is 12.7. The fourth-order valence-corrected chi connectivity index (χ4v) is 2.77. The summed E-state index contributed by atoms with van der Waals surface area (Å²) in [5.41, 5.74) is 5.81. The van der Waals surface area contributed by atoms with Crippen LogP contribution in [0.5, 0.6) is 0 Å². The number of carbonyl (C=O) groups excluding carboxylic acids is 1. The topological polar surface area (TPSA) is 100 Å². The molecular weight excluding hydrogens is 276 g/mol. The minimum Gasteiger partial charge on any atom is -0.396 e. The third-order valence-corrected chi connectivity index (χ3v) is 4.33. The summed E-state index contributed by atoms with van der Waals surface area (Å²) in [7, 11) is 0. The minimum atomic E-state index is -0.212. The molecule has 20 heavy (non-hydrogen) atoms. The molecule has 1 amide bonds. The number of thiazole rings is 1. The molecule has 1 fully saturated rings. The second kappa shape index (κ2) is 6.41. The van der Waals surface area contributed by atoms with Gasteiger partial charge in [-0.2, -0.15) is 0 Å². The molecule has 1 saturated carbocycles. The van der Waals surface area contributed by atoms with Crippen molar-refractivity contribution in [2.45, 2.75) is 45.2 Å². The van der Waals surface area contributed by atoms with Crippen LogP contribution in [0.3, 0.4) is 0 Å². The van der Waals surface area contributed by atoms with E-state index in [1.807, 2.05) is 13.8 Å². The summed E-state index contributed by atoms with van der Waals surface area (Å²) in [5.74, 6) is 0.308. The Hall–Kier alpha value is -1.34. The Morgan fingerprint density at radius 1 is 1.55 bits per heavy atom. The first-order valence-corrected chi connectivity index (χ1v) is 7.77. The Morgan fingerprint density at radius 2 is 2.25 bits per heavy atom. The van der Waals surface area contributed by atoms with Crippen molar-refractivity contribution in [3.05, 3.63) is 4.88 Å². The highest BCUT2D eigenvalue weighted by Crippen LogP contribution is 2.30. The van der Waals surface area contributed by atoms with Gasteiger partial charge in [0.15, 0.2) is 5.13 Å². The van der Waals surface area contributed by atoms with Crippen LogP contribution in [0, 0.1) is 5.92 Å². The number of amides is 1. The Balaban J connectivity index is 2.01. The van der Waals surface area contributed by atoms with Crippen molar-refractivity contribution in [3.8, 4) is 0 Å². The summed E-state index contributed by atoms with van der Waals surface area (Å²) in [6.07, 6.45) is 2.83. The molecule has 1 aliphatic carbocycles. The summed E-state index contributed by atoms with van der Waals surface area (Å²) in [6, 6.07) is 0.420. The lowest BCUT2D eigenvalue weighted by molar-refractivity contribution is 0.0921. The van der Waals surface area contributed by atoms with Crippen molar-refractivity contribution < 1.29 is 9.90 Å². The van der Waals surface area contributed by atoms with E-state index < -0.39 is 0 Å². The monoisotopic (exact) mass is 298 g/mol. The first-order chi connectivity index (χ1) is 9.51. The number of aliphatic hydroxyl groups is 1. The van der Waals surface area contributed by atoms with Gasteiger partial charge < -0.3 is 21.5 Å².